The van der Waals surface area contributed by atoms with Crippen LogP contribution in [-0.4, -0.2) is 5.91 Å². The molecule has 0 atom stereocenters. The second-order valence-electron chi connectivity index (χ2n) is 7.14. The van der Waals surface area contributed by atoms with E-state index < -0.39 is 0 Å². The molecule has 1 amide bonds. The van der Waals surface area contributed by atoms with Gasteiger partial charge in [-0.2, -0.15) is 0 Å². The number of amides is 1. The summed E-state index contributed by atoms with van der Waals surface area (Å²) in [5.41, 5.74) is 4.65. The predicted octanol–water partition coefficient (Wildman–Crippen LogP) is 5.64. The average Bonchev–Trinajstić information content (AvgIpc) is 2.74. The first-order chi connectivity index (χ1) is 14.0. The molecule has 0 aliphatic rings. The van der Waals surface area contributed by atoms with Gasteiger partial charge < -0.3 is 9.73 Å². The first-order valence-corrected chi connectivity index (χ1v) is 9.47. The van der Waals surface area contributed by atoms with Crippen LogP contribution in [-0.2, 0) is 0 Å². The molecular formula is C25H21NO3. The number of para-hydroxylation sites is 1. The molecule has 29 heavy (non-hydrogen) atoms. The highest BCUT2D eigenvalue weighted by molar-refractivity contribution is 6.11. The number of carbonyl (C=O) groups excluding carboxylic acids is 1. The number of fused-ring (bicyclic) bond motifs is 1. The van der Waals surface area contributed by atoms with E-state index in [1.807, 2.05) is 62.4 Å². The van der Waals surface area contributed by atoms with Crippen LogP contribution >= 0.6 is 0 Å². The highest BCUT2D eigenvalue weighted by atomic mass is 16.3. The molecule has 1 aromatic heterocycles. The van der Waals surface area contributed by atoms with Gasteiger partial charge in [0.2, 0.25) is 0 Å². The van der Waals surface area contributed by atoms with Crippen LogP contribution in [0, 0.1) is 20.8 Å². The lowest BCUT2D eigenvalue weighted by molar-refractivity contribution is 0.102. The normalized spacial score (nSPS) is 10.9. The lowest BCUT2D eigenvalue weighted by Gasteiger charge is -2.12. The van der Waals surface area contributed by atoms with E-state index >= 15 is 0 Å². The second kappa shape index (κ2) is 7.40. The van der Waals surface area contributed by atoms with Crippen LogP contribution in [0.1, 0.15) is 27.0 Å². The number of benzene rings is 3. The van der Waals surface area contributed by atoms with Crippen LogP contribution in [0.3, 0.4) is 0 Å². The largest absolute Gasteiger partial charge is 0.455 e. The zero-order chi connectivity index (χ0) is 20.5. The molecule has 0 spiro atoms. The minimum atomic E-state index is -0.310. The number of rotatable bonds is 3. The molecule has 4 aromatic rings. The third-order valence-electron chi connectivity index (χ3n) is 5.28. The summed E-state index contributed by atoms with van der Waals surface area (Å²) in [5, 5.41) is 3.35. The number of nitrogens with one attached hydrogen (secondary N) is 1. The van der Waals surface area contributed by atoms with Crippen LogP contribution < -0.4 is 10.7 Å². The molecule has 0 aliphatic heterocycles. The lowest BCUT2D eigenvalue weighted by atomic mass is 10.0. The van der Waals surface area contributed by atoms with Gasteiger partial charge in [0.1, 0.15) is 5.76 Å². The molecule has 4 nitrogen and oxygen atoms in total. The molecule has 4 heteroatoms. The van der Waals surface area contributed by atoms with Gasteiger partial charge >= 0.3 is 0 Å². The highest BCUT2D eigenvalue weighted by Gasteiger charge is 2.19. The van der Waals surface area contributed by atoms with E-state index in [1.165, 1.54) is 0 Å². The fourth-order valence-electron chi connectivity index (χ4n) is 3.43. The lowest BCUT2D eigenvalue weighted by Crippen LogP contribution is -2.15. The van der Waals surface area contributed by atoms with E-state index in [1.54, 1.807) is 25.1 Å². The number of aryl methyl sites for hydroxylation is 1. The summed E-state index contributed by atoms with van der Waals surface area (Å²) >= 11 is 0. The zero-order valence-corrected chi connectivity index (χ0v) is 16.6. The van der Waals surface area contributed by atoms with E-state index in [-0.39, 0.29) is 11.3 Å². The van der Waals surface area contributed by atoms with Gasteiger partial charge in [-0.1, -0.05) is 48.5 Å². The molecule has 1 N–H and O–H groups in total. The Bertz CT molecular complexity index is 1290. The van der Waals surface area contributed by atoms with Gasteiger partial charge in [-0.25, -0.2) is 0 Å². The van der Waals surface area contributed by atoms with Crippen LogP contribution in [0.4, 0.5) is 5.69 Å². The molecule has 0 radical (unpaired) electrons. The van der Waals surface area contributed by atoms with Crippen LogP contribution in [0.5, 0.6) is 0 Å². The molecule has 3 aromatic carbocycles. The van der Waals surface area contributed by atoms with E-state index in [2.05, 4.69) is 5.32 Å². The van der Waals surface area contributed by atoms with Gasteiger partial charge in [0, 0.05) is 16.8 Å². The van der Waals surface area contributed by atoms with Gasteiger partial charge in [-0.3, -0.25) is 9.59 Å². The first kappa shape index (κ1) is 18.7. The molecule has 0 unspecified atom stereocenters. The Labute approximate surface area is 168 Å². The van der Waals surface area contributed by atoms with Crippen molar-refractivity contribution >= 4 is 22.6 Å². The SMILES string of the molecule is Cc1cccc(NC(=O)c2cccc3c(=O)c(C)c(-c4ccccc4)oc23)c1C. The Morgan fingerprint density at radius 1 is 0.828 bits per heavy atom. The molecule has 0 aliphatic carbocycles. The summed E-state index contributed by atoms with van der Waals surface area (Å²) in [7, 11) is 0. The zero-order valence-electron chi connectivity index (χ0n) is 16.6. The van der Waals surface area contributed by atoms with Crippen molar-refractivity contribution in [2.75, 3.05) is 5.32 Å². The van der Waals surface area contributed by atoms with Gasteiger partial charge in [0.15, 0.2) is 11.0 Å². The molecule has 144 valence electrons. The molecule has 0 saturated carbocycles. The van der Waals surface area contributed by atoms with Crippen molar-refractivity contribution in [1.29, 1.82) is 0 Å². The molecular weight excluding hydrogens is 362 g/mol. The molecule has 4 rings (SSSR count). The minimum absolute atomic E-state index is 0.133. The summed E-state index contributed by atoms with van der Waals surface area (Å²) < 4.78 is 6.14. The Morgan fingerprint density at radius 3 is 2.31 bits per heavy atom. The second-order valence-corrected chi connectivity index (χ2v) is 7.14. The smallest absolute Gasteiger partial charge is 0.259 e. The van der Waals surface area contributed by atoms with Gasteiger partial charge in [-0.15, -0.1) is 0 Å². The summed E-state index contributed by atoms with van der Waals surface area (Å²) in [6.07, 6.45) is 0. The van der Waals surface area contributed by atoms with Crippen molar-refractivity contribution in [3.8, 4) is 11.3 Å². The summed E-state index contributed by atoms with van der Waals surface area (Å²) in [5.74, 6) is 0.172. The summed E-state index contributed by atoms with van der Waals surface area (Å²) in [6.45, 7) is 5.71. The third kappa shape index (κ3) is 3.34. The topological polar surface area (TPSA) is 59.3 Å². The van der Waals surface area contributed by atoms with E-state index in [4.69, 9.17) is 4.42 Å². The number of hydrogen-bond acceptors (Lipinski definition) is 3. The molecule has 0 bridgehead atoms. The van der Waals surface area contributed by atoms with E-state index in [0.717, 1.165) is 22.4 Å². The maximum absolute atomic E-state index is 13.1. The molecule has 0 saturated heterocycles. The standard InChI is InChI=1S/C25H21NO3/c1-15-9-7-14-21(16(15)2)26-25(28)20-13-8-12-19-22(27)17(3)23(29-24(19)20)18-10-5-4-6-11-18/h4-14H,1-3H3,(H,26,28). The average molecular weight is 383 g/mol. The minimum Gasteiger partial charge on any atom is -0.455 e. The maximum Gasteiger partial charge on any atom is 0.259 e. The number of hydrogen-bond donors (Lipinski definition) is 1. The van der Waals surface area contributed by atoms with Crippen molar-refractivity contribution in [3.63, 3.8) is 0 Å². The Kier molecular flexibility index (Phi) is 4.77. The Hall–Kier alpha value is -3.66. The van der Waals surface area contributed by atoms with Crippen LogP contribution in [0.25, 0.3) is 22.3 Å². The first-order valence-electron chi connectivity index (χ1n) is 9.47. The monoisotopic (exact) mass is 383 g/mol. The van der Waals surface area contributed by atoms with Gasteiger partial charge in [-0.05, 0) is 50.1 Å². The predicted molar refractivity (Wildman–Crippen MR) is 117 cm³/mol. The summed E-state index contributed by atoms with van der Waals surface area (Å²) in [4.78, 5) is 26.0. The third-order valence-corrected chi connectivity index (χ3v) is 5.28. The van der Waals surface area contributed by atoms with Crippen LogP contribution in [0.15, 0.2) is 75.9 Å². The van der Waals surface area contributed by atoms with E-state index in [9.17, 15) is 9.59 Å². The van der Waals surface area contributed by atoms with Crippen molar-refractivity contribution < 1.29 is 9.21 Å². The summed E-state index contributed by atoms with van der Waals surface area (Å²) in [6, 6.07) is 20.3. The van der Waals surface area contributed by atoms with Crippen molar-refractivity contribution in [3.05, 3.63) is 99.2 Å². The Morgan fingerprint density at radius 2 is 1.55 bits per heavy atom. The van der Waals surface area contributed by atoms with Gasteiger partial charge in [0.05, 0.1) is 10.9 Å². The van der Waals surface area contributed by atoms with Crippen molar-refractivity contribution in [2.24, 2.45) is 0 Å². The fourth-order valence-corrected chi connectivity index (χ4v) is 3.43. The molecule has 1 heterocycles. The van der Waals surface area contributed by atoms with Crippen molar-refractivity contribution in [1.82, 2.24) is 0 Å². The van der Waals surface area contributed by atoms with Crippen LogP contribution in [0.2, 0.25) is 0 Å². The molecule has 0 fully saturated rings. The maximum atomic E-state index is 13.1. The number of carbonyl (C=O) groups is 1. The highest BCUT2D eigenvalue weighted by Crippen LogP contribution is 2.28. The van der Waals surface area contributed by atoms with Crippen molar-refractivity contribution in [2.45, 2.75) is 20.8 Å². The fraction of sp³-hybridized carbons (Fsp3) is 0.120. The quantitative estimate of drug-likeness (QED) is 0.498. The van der Waals surface area contributed by atoms with Gasteiger partial charge in [0.25, 0.3) is 5.91 Å². The van der Waals surface area contributed by atoms with E-state index in [0.29, 0.717) is 27.9 Å². The Balaban J connectivity index is 1.87. The number of anilines is 1.